The fourth-order valence-electron chi connectivity index (χ4n) is 4.90. The second-order valence-corrected chi connectivity index (χ2v) is 10.3. The Kier molecular flexibility index (Phi) is 7.84. The Labute approximate surface area is 210 Å². The van der Waals surface area contributed by atoms with Crippen LogP contribution in [0.5, 0.6) is 6.01 Å². The molecule has 35 heavy (non-hydrogen) atoms. The quantitative estimate of drug-likeness (QED) is 0.459. The molecule has 4 heterocycles. The minimum Gasteiger partial charge on any atom is -0.460 e. The number of nitrogens with two attached hydrogens (primary N) is 1. The lowest BCUT2D eigenvalue weighted by Gasteiger charge is -2.36. The van der Waals surface area contributed by atoms with Gasteiger partial charge in [-0.25, -0.2) is 14.5 Å². The van der Waals surface area contributed by atoms with Gasteiger partial charge in [0, 0.05) is 31.7 Å². The Balaban J connectivity index is 1.52. The Bertz CT molecular complexity index is 1140. The van der Waals surface area contributed by atoms with Crippen LogP contribution < -0.4 is 15.4 Å². The number of nitrogen functional groups attached to an aromatic ring is 1. The number of piperidine rings is 1. The van der Waals surface area contributed by atoms with E-state index in [1.807, 2.05) is 12.4 Å². The van der Waals surface area contributed by atoms with Crippen molar-refractivity contribution in [3.63, 3.8) is 0 Å². The van der Waals surface area contributed by atoms with Gasteiger partial charge in [-0.3, -0.25) is 0 Å². The van der Waals surface area contributed by atoms with Crippen LogP contribution >= 0.6 is 0 Å². The maximum Gasteiger partial charge on any atom is 0.336 e. The first kappa shape index (κ1) is 25.3. The van der Waals surface area contributed by atoms with Gasteiger partial charge in [0.15, 0.2) is 11.5 Å². The average Bonchev–Trinajstić information content (AvgIpc) is 3.22. The summed E-state index contributed by atoms with van der Waals surface area (Å²) >= 11 is 0. The molecule has 0 saturated carbocycles. The van der Waals surface area contributed by atoms with Gasteiger partial charge in [0.2, 0.25) is 0 Å². The highest BCUT2D eigenvalue weighted by molar-refractivity contribution is 6.35. The summed E-state index contributed by atoms with van der Waals surface area (Å²) in [7, 11) is 8.63. The molecule has 1 atom stereocenters. The molecule has 0 aromatic carbocycles. The number of hydrogen-bond acceptors (Lipinski definition) is 8. The molecule has 1 aliphatic heterocycles. The molecule has 1 saturated heterocycles. The zero-order valence-electron chi connectivity index (χ0n) is 22.0. The highest BCUT2D eigenvalue weighted by Crippen LogP contribution is 2.25. The fraction of sp³-hybridized carbons (Fsp3) is 0.583. The van der Waals surface area contributed by atoms with Crippen LogP contribution in [-0.2, 0) is 6.42 Å². The normalized spacial score (nSPS) is 15.9. The van der Waals surface area contributed by atoms with Gasteiger partial charge < -0.3 is 20.3 Å². The number of anilines is 2. The van der Waals surface area contributed by atoms with Gasteiger partial charge in [0.25, 0.3) is 0 Å². The third-order valence-electron chi connectivity index (χ3n) is 7.00. The van der Waals surface area contributed by atoms with Gasteiger partial charge in [-0.1, -0.05) is 25.1 Å². The van der Waals surface area contributed by atoms with Gasteiger partial charge in [0.05, 0.1) is 18.0 Å². The summed E-state index contributed by atoms with van der Waals surface area (Å²) < 4.78 is 7.89. The molecule has 3 aromatic rings. The fourth-order valence-corrected chi connectivity index (χ4v) is 4.90. The van der Waals surface area contributed by atoms with Gasteiger partial charge >= 0.3 is 6.01 Å². The topological polar surface area (TPSA) is 97.7 Å². The Morgan fingerprint density at radius 1 is 1.20 bits per heavy atom. The summed E-state index contributed by atoms with van der Waals surface area (Å²) in [6, 6.07) is 3.17. The zero-order valence-corrected chi connectivity index (χ0v) is 22.0. The first-order valence-corrected chi connectivity index (χ1v) is 12.8. The number of rotatable bonds is 9. The Morgan fingerprint density at radius 2 is 1.94 bits per heavy atom. The molecule has 0 spiro atoms. The molecule has 1 fully saturated rings. The van der Waals surface area contributed by atoms with Crippen LogP contribution in [0.1, 0.15) is 49.4 Å². The summed E-state index contributed by atoms with van der Waals surface area (Å²) in [6.07, 6.45) is 8.79. The highest BCUT2D eigenvalue weighted by atomic mass is 16.5. The third-order valence-corrected chi connectivity index (χ3v) is 7.00. The first-order chi connectivity index (χ1) is 16.8. The standard InChI is InChI=1S/C24H38B2N8O/c1-5-6-19(20(25)26)35-24-30-21(27)23-29-14-18(34(23)31-24)12-16-11-15(2)22(28-13-16)33-9-7-17(8-10-33)32(3)4/h11,13-14,17,19-20H,5-10,12,25-26H2,1-4H3,(H2,27,30,31). The van der Waals surface area contributed by atoms with E-state index < -0.39 is 0 Å². The lowest BCUT2D eigenvalue weighted by molar-refractivity contribution is 0.182. The monoisotopic (exact) mass is 476 g/mol. The predicted molar refractivity (Wildman–Crippen MR) is 146 cm³/mol. The molecule has 0 aliphatic carbocycles. The van der Waals surface area contributed by atoms with Gasteiger partial charge in [-0.2, -0.15) is 4.98 Å². The van der Waals surface area contributed by atoms with E-state index in [0.717, 1.165) is 43.0 Å². The van der Waals surface area contributed by atoms with Crippen molar-refractivity contribution in [3.8, 4) is 6.01 Å². The molecule has 1 aliphatic rings. The minimum absolute atomic E-state index is 0.0472. The van der Waals surface area contributed by atoms with Crippen LogP contribution in [0.3, 0.4) is 0 Å². The van der Waals surface area contributed by atoms with E-state index in [0.29, 0.717) is 35.7 Å². The van der Waals surface area contributed by atoms with Crippen LogP contribution in [0.25, 0.3) is 5.65 Å². The van der Waals surface area contributed by atoms with Crippen LogP contribution in [0.15, 0.2) is 18.5 Å². The lowest BCUT2D eigenvalue weighted by atomic mass is 9.66. The van der Waals surface area contributed by atoms with E-state index in [-0.39, 0.29) is 6.10 Å². The van der Waals surface area contributed by atoms with Crippen molar-refractivity contribution in [2.45, 2.75) is 63.8 Å². The first-order valence-electron chi connectivity index (χ1n) is 12.8. The number of imidazole rings is 1. The van der Waals surface area contributed by atoms with Crippen molar-refractivity contribution in [1.29, 1.82) is 0 Å². The van der Waals surface area contributed by atoms with Crippen molar-refractivity contribution in [1.82, 2.24) is 29.5 Å². The molecule has 4 rings (SSSR count). The summed E-state index contributed by atoms with van der Waals surface area (Å²) in [5, 5.41) is 4.64. The van der Waals surface area contributed by atoms with Gasteiger partial charge in [-0.05, 0) is 51.4 Å². The molecule has 0 bridgehead atoms. The summed E-state index contributed by atoms with van der Waals surface area (Å²) in [6.45, 7) is 6.37. The van der Waals surface area contributed by atoms with E-state index in [1.165, 1.54) is 18.4 Å². The number of fused-ring (bicyclic) bond motifs is 1. The molecule has 0 radical (unpaired) electrons. The van der Waals surface area contributed by atoms with Crippen molar-refractivity contribution < 1.29 is 4.74 Å². The minimum atomic E-state index is 0.0472. The Hall–Kier alpha value is -2.81. The maximum absolute atomic E-state index is 6.21. The molecule has 2 N–H and O–H groups in total. The number of nitrogens with zero attached hydrogens (tertiary/aromatic N) is 7. The highest BCUT2D eigenvalue weighted by Gasteiger charge is 2.23. The van der Waals surface area contributed by atoms with Crippen molar-refractivity contribution in [3.05, 3.63) is 35.3 Å². The molecular formula is C24H38B2N8O. The number of ether oxygens (including phenoxy) is 1. The second kappa shape index (κ2) is 10.8. The zero-order chi connectivity index (χ0) is 25.1. The van der Waals surface area contributed by atoms with Gasteiger partial charge in [0.1, 0.15) is 21.5 Å². The maximum atomic E-state index is 6.21. The number of aryl methyl sites for hydroxylation is 1. The molecule has 1 unspecified atom stereocenters. The molecule has 9 nitrogen and oxygen atoms in total. The smallest absolute Gasteiger partial charge is 0.336 e. The molecule has 11 heteroatoms. The largest absolute Gasteiger partial charge is 0.460 e. The summed E-state index contributed by atoms with van der Waals surface area (Å²) in [5.74, 6) is 1.41. The van der Waals surface area contributed by atoms with Crippen molar-refractivity contribution >= 4 is 33.0 Å². The molecule has 186 valence electrons. The number of aromatic nitrogens is 5. The average molecular weight is 476 g/mol. The van der Waals surface area contributed by atoms with E-state index in [2.05, 4.69) is 74.6 Å². The van der Waals surface area contributed by atoms with Crippen LogP contribution in [-0.4, -0.2) is 84.5 Å². The third kappa shape index (κ3) is 5.72. The molecule has 3 aromatic heterocycles. The molecule has 0 amide bonds. The molecular weight excluding hydrogens is 438 g/mol. The number of hydrogen-bond donors (Lipinski definition) is 1. The second-order valence-electron chi connectivity index (χ2n) is 10.3. The Morgan fingerprint density at radius 3 is 2.57 bits per heavy atom. The van der Waals surface area contributed by atoms with Crippen LogP contribution in [0.4, 0.5) is 11.6 Å². The van der Waals surface area contributed by atoms with Crippen molar-refractivity contribution in [2.75, 3.05) is 37.8 Å². The van der Waals surface area contributed by atoms with Gasteiger partial charge in [-0.15, -0.1) is 5.10 Å². The van der Waals surface area contributed by atoms with E-state index in [4.69, 9.17) is 15.5 Å². The van der Waals surface area contributed by atoms with E-state index in [1.54, 1.807) is 4.52 Å². The van der Waals surface area contributed by atoms with Crippen molar-refractivity contribution in [2.24, 2.45) is 0 Å². The predicted octanol–water partition coefficient (Wildman–Crippen LogP) is 1.09. The summed E-state index contributed by atoms with van der Waals surface area (Å²) in [5.41, 5.74) is 10.4. The SMILES string of the molecule is BC(B)C(CCC)Oc1nc(N)c2ncc(Cc3cnc(N4CCC(N(C)C)CC4)c(C)c3)n2n1. The van der Waals surface area contributed by atoms with E-state index >= 15 is 0 Å². The summed E-state index contributed by atoms with van der Waals surface area (Å²) in [4.78, 5) is 18.4. The van der Waals surface area contributed by atoms with Crippen LogP contribution in [0.2, 0.25) is 5.72 Å². The lowest BCUT2D eigenvalue weighted by Crippen LogP contribution is -2.42. The van der Waals surface area contributed by atoms with Crippen LogP contribution in [0, 0.1) is 6.92 Å². The number of pyridine rings is 1. The van der Waals surface area contributed by atoms with E-state index in [9.17, 15) is 0 Å².